The third kappa shape index (κ3) is 1.87. The van der Waals surface area contributed by atoms with Gasteiger partial charge in [-0.05, 0) is 19.1 Å². The molecule has 1 aliphatic rings. The van der Waals surface area contributed by atoms with Gasteiger partial charge in [-0.15, -0.1) is 0 Å². The van der Waals surface area contributed by atoms with Crippen molar-refractivity contribution in [3.63, 3.8) is 0 Å². The molecule has 0 aromatic carbocycles. The van der Waals surface area contributed by atoms with E-state index in [-0.39, 0.29) is 6.10 Å². The first kappa shape index (κ1) is 7.42. The maximum Gasteiger partial charge on any atom is 0.0658 e. The van der Waals surface area contributed by atoms with E-state index in [0.717, 1.165) is 6.42 Å². The SMILES string of the molecule is CS[C@@H]1CCCC[C@@H]1O. The van der Waals surface area contributed by atoms with E-state index >= 15 is 0 Å². The highest BCUT2D eigenvalue weighted by Gasteiger charge is 2.21. The molecular formula is C7H14OS. The first-order valence-corrected chi connectivity index (χ1v) is 4.84. The molecule has 0 aliphatic heterocycles. The highest BCUT2D eigenvalue weighted by Crippen LogP contribution is 2.26. The number of hydrogen-bond donors (Lipinski definition) is 1. The van der Waals surface area contributed by atoms with Gasteiger partial charge in [-0.3, -0.25) is 0 Å². The number of hydrogen-bond acceptors (Lipinski definition) is 2. The van der Waals surface area contributed by atoms with Crippen LogP contribution in [0.1, 0.15) is 25.7 Å². The van der Waals surface area contributed by atoms with Crippen LogP contribution in [0.25, 0.3) is 0 Å². The second-order valence-corrected chi connectivity index (χ2v) is 3.70. The van der Waals surface area contributed by atoms with Gasteiger partial charge < -0.3 is 5.11 Å². The Bertz CT molecular complexity index is 85.0. The molecule has 1 aliphatic carbocycles. The molecule has 0 bridgehead atoms. The van der Waals surface area contributed by atoms with E-state index in [1.54, 1.807) is 11.8 Å². The van der Waals surface area contributed by atoms with Crippen molar-refractivity contribution in [3.8, 4) is 0 Å². The van der Waals surface area contributed by atoms with Crippen molar-refractivity contribution in [1.82, 2.24) is 0 Å². The molecule has 0 heterocycles. The fraction of sp³-hybridized carbons (Fsp3) is 1.00. The summed E-state index contributed by atoms with van der Waals surface area (Å²) >= 11 is 1.80. The molecule has 0 aromatic heterocycles. The lowest BCUT2D eigenvalue weighted by molar-refractivity contribution is 0.137. The van der Waals surface area contributed by atoms with Gasteiger partial charge in [0.2, 0.25) is 0 Å². The number of rotatable bonds is 1. The highest BCUT2D eigenvalue weighted by atomic mass is 32.2. The van der Waals surface area contributed by atoms with Crippen LogP contribution in [0.3, 0.4) is 0 Å². The average Bonchev–Trinajstić information content (AvgIpc) is 1.89. The molecule has 0 radical (unpaired) electrons. The molecule has 2 atom stereocenters. The van der Waals surface area contributed by atoms with Gasteiger partial charge in [-0.1, -0.05) is 12.8 Å². The zero-order valence-corrected chi connectivity index (χ0v) is 6.66. The Morgan fingerprint density at radius 3 is 2.44 bits per heavy atom. The number of thioether (sulfide) groups is 1. The molecule has 9 heavy (non-hydrogen) atoms. The average molecular weight is 146 g/mol. The van der Waals surface area contributed by atoms with Crippen molar-refractivity contribution in [2.45, 2.75) is 37.0 Å². The molecule has 0 amide bonds. The fourth-order valence-corrected chi connectivity index (χ4v) is 2.20. The first-order chi connectivity index (χ1) is 4.34. The van der Waals surface area contributed by atoms with Crippen molar-refractivity contribution < 1.29 is 5.11 Å². The van der Waals surface area contributed by atoms with Gasteiger partial charge in [0, 0.05) is 5.25 Å². The van der Waals surface area contributed by atoms with Gasteiger partial charge in [-0.25, -0.2) is 0 Å². The van der Waals surface area contributed by atoms with E-state index in [4.69, 9.17) is 0 Å². The summed E-state index contributed by atoms with van der Waals surface area (Å²) in [6, 6.07) is 0. The summed E-state index contributed by atoms with van der Waals surface area (Å²) in [5.74, 6) is 0. The number of aliphatic hydroxyl groups is 1. The lowest BCUT2D eigenvalue weighted by Crippen LogP contribution is -2.26. The molecule has 54 valence electrons. The Labute approximate surface area is 60.8 Å². The molecule has 1 nitrogen and oxygen atoms in total. The van der Waals surface area contributed by atoms with Crippen LogP contribution in [0, 0.1) is 0 Å². The van der Waals surface area contributed by atoms with E-state index < -0.39 is 0 Å². The lowest BCUT2D eigenvalue weighted by Gasteiger charge is -2.25. The van der Waals surface area contributed by atoms with Crippen LogP contribution in [0.15, 0.2) is 0 Å². The quantitative estimate of drug-likeness (QED) is 0.607. The molecule has 1 rings (SSSR count). The van der Waals surface area contributed by atoms with Gasteiger partial charge in [0.1, 0.15) is 0 Å². The molecular weight excluding hydrogens is 132 g/mol. The Morgan fingerprint density at radius 2 is 2.00 bits per heavy atom. The smallest absolute Gasteiger partial charge is 0.0658 e. The van der Waals surface area contributed by atoms with Crippen molar-refractivity contribution >= 4 is 11.8 Å². The van der Waals surface area contributed by atoms with E-state index in [2.05, 4.69) is 6.26 Å². The Morgan fingerprint density at radius 1 is 1.33 bits per heavy atom. The van der Waals surface area contributed by atoms with Crippen LogP contribution >= 0.6 is 11.8 Å². The monoisotopic (exact) mass is 146 g/mol. The summed E-state index contributed by atoms with van der Waals surface area (Å²) in [5, 5.41) is 9.87. The van der Waals surface area contributed by atoms with Crippen LogP contribution in [0.5, 0.6) is 0 Å². The molecule has 0 saturated heterocycles. The minimum absolute atomic E-state index is 0.0197. The minimum Gasteiger partial charge on any atom is -0.392 e. The molecule has 0 aromatic rings. The van der Waals surface area contributed by atoms with Crippen molar-refractivity contribution in [2.75, 3.05) is 6.26 Å². The summed E-state index contributed by atoms with van der Waals surface area (Å²) in [5.41, 5.74) is 0. The molecule has 1 N–H and O–H groups in total. The van der Waals surface area contributed by atoms with Crippen LogP contribution in [0.4, 0.5) is 0 Å². The van der Waals surface area contributed by atoms with E-state index in [1.807, 2.05) is 0 Å². The van der Waals surface area contributed by atoms with E-state index in [9.17, 15) is 5.11 Å². The second kappa shape index (κ2) is 3.47. The van der Waals surface area contributed by atoms with Gasteiger partial charge in [0.05, 0.1) is 6.10 Å². The van der Waals surface area contributed by atoms with Crippen LogP contribution < -0.4 is 0 Å². The normalized spacial score (nSPS) is 36.7. The predicted molar refractivity (Wildman–Crippen MR) is 41.8 cm³/mol. The van der Waals surface area contributed by atoms with Crippen molar-refractivity contribution in [1.29, 1.82) is 0 Å². The Balaban J connectivity index is 2.30. The zero-order chi connectivity index (χ0) is 6.69. The number of aliphatic hydroxyl groups excluding tert-OH is 1. The summed E-state index contributed by atoms with van der Waals surface area (Å²) in [7, 11) is 0. The van der Waals surface area contributed by atoms with Crippen LogP contribution in [-0.2, 0) is 0 Å². The van der Waals surface area contributed by atoms with Crippen molar-refractivity contribution in [2.24, 2.45) is 0 Å². The molecule has 1 fully saturated rings. The maximum absolute atomic E-state index is 9.35. The third-order valence-electron chi connectivity index (χ3n) is 1.97. The van der Waals surface area contributed by atoms with Crippen LogP contribution in [0.2, 0.25) is 0 Å². The van der Waals surface area contributed by atoms with E-state index in [1.165, 1.54) is 19.3 Å². The molecule has 0 spiro atoms. The van der Waals surface area contributed by atoms with E-state index in [0.29, 0.717) is 5.25 Å². The van der Waals surface area contributed by atoms with Gasteiger partial charge in [0.15, 0.2) is 0 Å². The first-order valence-electron chi connectivity index (χ1n) is 3.55. The van der Waals surface area contributed by atoms with Crippen molar-refractivity contribution in [3.05, 3.63) is 0 Å². The lowest BCUT2D eigenvalue weighted by atomic mass is 9.97. The predicted octanol–water partition coefficient (Wildman–Crippen LogP) is 1.65. The molecule has 1 saturated carbocycles. The Kier molecular flexibility index (Phi) is 2.86. The largest absolute Gasteiger partial charge is 0.392 e. The molecule has 0 unspecified atom stereocenters. The zero-order valence-electron chi connectivity index (χ0n) is 5.84. The summed E-state index contributed by atoms with van der Waals surface area (Å²) in [6.07, 6.45) is 6.82. The second-order valence-electron chi connectivity index (χ2n) is 2.63. The van der Waals surface area contributed by atoms with Gasteiger partial charge >= 0.3 is 0 Å². The van der Waals surface area contributed by atoms with Gasteiger partial charge in [0.25, 0.3) is 0 Å². The topological polar surface area (TPSA) is 20.2 Å². The third-order valence-corrected chi connectivity index (χ3v) is 3.13. The summed E-state index contributed by atoms with van der Waals surface area (Å²) in [6.45, 7) is 0. The highest BCUT2D eigenvalue weighted by molar-refractivity contribution is 7.99. The van der Waals surface area contributed by atoms with Gasteiger partial charge in [-0.2, -0.15) is 11.8 Å². The molecule has 2 heteroatoms. The Hall–Kier alpha value is 0.310. The minimum atomic E-state index is -0.0197. The maximum atomic E-state index is 9.35. The van der Waals surface area contributed by atoms with Crippen LogP contribution in [-0.4, -0.2) is 22.7 Å². The summed E-state index contributed by atoms with van der Waals surface area (Å²) < 4.78 is 0. The summed E-state index contributed by atoms with van der Waals surface area (Å²) in [4.78, 5) is 0. The fourth-order valence-electron chi connectivity index (χ4n) is 1.35. The standard InChI is InChI=1S/C7H14OS/c1-9-7-5-3-2-4-6(7)8/h6-8H,2-5H2,1H3/t6-,7+/m0/s1.